The van der Waals surface area contributed by atoms with Crippen LogP contribution in [-0.2, 0) is 21.2 Å². The lowest BCUT2D eigenvalue weighted by Gasteiger charge is -2.14. The van der Waals surface area contributed by atoms with Crippen LogP contribution in [0.25, 0.3) is 0 Å². The molecule has 2 rings (SSSR count). The molecule has 2 aromatic carbocycles. The zero-order valence-corrected chi connectivity index (χ0v) is 13.7. The Morgan fingerprint density at radius 1 is 0.960 bits per heavy atom. The molecule has 5 nitrogen and oxygen atoms in total. The van der Waals surface area contributed by atoms with Crippen LogP contribution in [-0.4, -0.2) is 26.4 Å². The third-order valence-electron chi connectivity index (χ3n) is 3.25. The van der Waals surface area contributed by atoms with Crippen molar-refractivity contribution in [1.82, 2.24) is 5.32 Å². The van der Waals surface area contributed by atoms with E-state index in [4.69, 9.17) is 0 Å². The Morgan fingerprint density at radius 2 is 1.56 bits per heavy atom. The van der Waals surface area contributed by atoms with Crippen molar-refractivity contribution in [2.24, 2.45) is 0 Å². The Morgan fingerprint density at radius 3 is 2.20 bits per heavy atom. The number of alkyl halides is 3. The molecular formula is C16H15F3N2O3S. The van der Waals surface area contributed by atoms with Crippen LogP contribution in [0.3, 0.4) is 0 Å². The number of anilines is 1. The molecule has 0 aliphatic rings. The van der Waals surface area contributed by atoms with Gasteiger partial charge in [-0.05, 0) is 17.7 Å². The number of hydrogen-bond donors (Lipinski definition) is 2. The van der Waals surface area contributed by atoms with Gasteiger partial charge >= 0.3 is 5.51 Å². The minimum atomic E-state index is -5.50. The van der Waals surface area contributed by atoms with Crippen LogP contribution in [0.2, 0.25) is 0 Å². The van der Waals surface area contributed by atoms with Crippen LogP contribution >= 0.6 is 0 Å². The van der Waals surface area contributed by atoms with Gasteiger partial charge in [0.1, 0.15) is 0 Å². The number of nitrogens with one attached hydrogen (secondary N) is 2. The standard InChI is InChI=1S/C16H15F3N2O3S/c17-16(18,19)25(23,24)14-9-5-4-8-13(14)20-11-15(22)21-10-12-6-2-1-3-7-12/h1-9,20H,10-11H2,(H,21,22). The lowest BCUT2D eigenvalue weighted by molar-refractivity contribution is -0.119. The molecule has 0 atom stereocenters. The van der Waals surface area contributed by atoms with Crippen molar-refractivity contribution in [3.8, 4) is 0 Å². The molecule has 0 heterocycles. The fraction of sp³-hybridized carbons (Fsp3) is 0.188. The van der Waals surface area contributed by atoms with Gasteiger partial charge < -0.3 is 10.6 Å². The van der Waals surface area contributed by atoms with E-state index in [9.17, 15) is 26.4 Å². The van der Waals surface area contributed by atoms with Crippen LogP contribution < -0.4 is 10.6 Å². The van der Waals surface area contributed by atoms with Crippen molar-refractivity contribution < 1.29 is 26.4 Å². The number of rotatable bonds is 6. The number of sulfone groups is 1. The van der Waals surface area contributed by atoms with Gasteiger partial charge in [-0.3, -0.25) is 4.79 Å². The predicted octanol–water partition coefficient (Wildman–Crippen LogP) is 2.71. The van der Waals surface area contributed by atoms with E-state index >= 15 is 0 Å². The van der Waals surface area contributed by atoms with Gasteiger partial charge in [0, 0.05) is 6.54 Å². The quantitative estimate of drug-likeness (QED) is 0.818. The molecule has 0 fully saturated rings. The van der Waals surface area contributed by atoms with E-state index in [1.54, 1.807) is 24.3 Å². The van der Waals surface area contributed by atoms with Crippen molar-refractivity contribution in [3.05, 3.63) is 60.2 Å². The first kappa shape index (κ1) is 18.8. The first-order valence-corrected chi connectivity index (χ1v) is 8.65. The summed E-state index contributed by atoms with van der Waals surface area (Å²) in [5.74, 6) is -0.483. The highest BCUT2D eigenvalue weighted by atomic mass is 32.2. The van der Waals surface area contributed by atoms with E-state index in [-0.39, 0.29) is 18.8 Å². The zero-order valence-electron chi connectivity index (χ0n) is 12.9. The molecule has 0 unspecified atom stereocenters. The van der Waals surface area contributed by atoms with Gasteiger partial charge in [0.15, 0.2) is 0 Å². The van der Waals surface area contributed by atoms with Gasteiger partial charge in [-0.25, -0.2) is 8.42 Å². The van der Waals surface area contributed by atoms with Crippen LogP contribution in [0.15, 0.2) is 59.5 Å². The van der Waals surface area contributed by atoms with Crippen LogP contribution in [0, 0.1) is 0 Å². The summed E-state index contributed by atoms with van der Waals surface area (Å²) in [7, 11) is -5.50. The minimum absolute atomic E-state index is 0.254. The maximum absolute atomic E-state index is 12.7. The number of carbonyl (C=O) groups is 1. The highest BCUT2D eigenvalue weighted by molar-refractivity contribution is 7.92. The van der Waals surface area contributed by atoms with Crippen molar-refractivity contribution in [3.63, 3.8) is 0 Å². The molecule has 25 heavy (non-hydrogen) atoms. The average molecular weight is 372 g/mol. The largest absolute Gasteiger partial charge is 0.501 e. The predicted molar refractivity (Wildman–Crippen MR) is 86.5 cm³/mol. The highest BCUT2D eigenvalue weighted by Crippen LogP contribution is 2.34. The second-order valence-corrected chi connectivity index (χ2v) is 6.97. The molecule has 0 aliphatic carbocycles. The molecule has 0 aromatic heterocycles. The number of carbonyl (C=O) groups excluding carboxylic acids is 1. The van der Waals surface area contributed by atoms with Crippen LogP contribution in [0.1, 0.15) is 5.56 Å². The van der Waals surface area contributed by atoms with Crippen molar-refractivity contribution in [1.29, 1.82) is 0 Å². The van der Waals surface area contributed by atoms with Crippen molar-refractivity contribution in [2.75, 3.05) is 11.9 Å². The molecule has 9 heteroatoms. The molecule has 0 spiro atoms. The molecule has 1 amide bonds. The highest BCUT2D eigenvalue weighted by Gasteiger charge is 2.47. The molecule has 2 N–H and O–H groups in total. The fourth-order valence-corrected chi connectivity index (χ4v) is 2.94. The second kappa shape index (κ2) is 7.56. The third kappa shape index (κ3) is 4.72. The Hall–Kier alpha value is -2.55. The Labute approximate surface area is 142 Å². The summed E-state index contributed by atoms with van der Waals surface area (Å²) in [6.45, 7) is -0.110. The van der Waals surface area contributed by atoms with E-state index in [1.807, 2.05) is 6.07 Å². The first-order valence-electron chi connectivity index (χ1n) is 7.16. The molecule has 0 aliphatic heterocycles. The lowest BCUT2D eigenvalue weighted by Crippen LogP contribution is -2.30. The molecule has 2 aromatic rings. The minimum Gasteiger partial charge on any atom is -0.375 e. The molecule has 0 saturated heterocycles. The van der Waals surface area contributed by atoms with Gasteiger partial charge in [0.05, 0.1) is 17.1 Å². The van der Waals surface area contributed by atoms with E-state index in [2.05, 4.69) is 10.6 Å². The van der Waals surface area contributed by atoms with E-state index in [0.717, 1.165) is 11.6 Å². The smallest absolute Gasteiger partial charge is 0.375 e. The summed E-state index contributed by atoms with van der Waals surface area (Å²) >= 11 is 0. The molecule has 0 bridgehead atoms. The number of hydrogen-bond acceptors (Lipinski definition) is 4. The monoisotopic (exact) mass is 372 g/mol. The van der Waals surface area contributed by atoms with E-state index < -0.39 is 26.1 Å². The lowest BCUT2D eigenvalue weighted by atomic mass is 10.2. The zero-order chi connectivity index (χ0) is 18.5. The van der Waals surface area contributed by atoms with E-state index in [1.165, 1.54) is 18.2 Å². The summed E-state index contributed by atoms with van der Waals surface area (Å²) in [5, 5.41) is 5.02. The number of benzene rings is 2. The second-order valence-electron chi connectivity index (χ2n) is 5.06. The first-order chi connectivity index (χ1) is 11.7. The molecule has 134 valence electrons. The van der Waals surface area contributed by atoms with Crippen LogP contribution in [0.5, 0.6) is 0 Å². The molecule has 0 radical (unpaired) electrons. The van der Waals surface area contributed by atoms with Gasteiger partial charge in [-0.1, -0.05) is 42.5 Å². The maximum Gasteiger partial charge on any atom is 0.501 e. The summed E-state index contributed by atoms with van der Waals surface area (Å²) in [6.07, 6.45) is 0. The van der Waals surface area contributed by atoms with Crippen LogP contribution in [0.4, 0.5) is 18.9 Å². The van der Waals surface area contributed by atoms with Gasteiger partial charge in [-0.15, -0.1) is 0 Å². The Kier molecular flexibility index (Phi) is 5.68. The number of halogens is 3. The SMILES string of the molecule is O=C(CNc1ccccc1S(=O)(=O)C(F)(F)F)NCc1ccccc1. The summed E-state index contributed by atoms with van der Waals surface area (Å²) in [5.41, 5.74) is -4.84. The number of para-hydroxylation sites is 1. The average Bonchev–Trinajstić information content (AvgIpc) is 2.58. The molecule has 0 saturated carbocycles. The van der Waals surface area contributed by atoms with Gasteiger partial charge in [-0.2, -0.15) is 13.2 Å². The van der Waals surface area contributed by atoms with E-state index in [0.29, 0.717) is 0 Å². The molecular weight excluding hydrogens is 357 g/mol. The summed E-state index contributed by atoms with van der Waals surface area (Å²) < 4.78 is 61.3. The third-order valence-corrected chi connectivity index (χ3v) is 4.80. The Balaban J connectivity index is 2.03. The fourth-order valence-electron chi connectivity index (χ4n) is 2.01. The Bertz CT molecular complexity index is 837. The normalized spacial score (nSPS) is 11.8. The number of amides is 1. The van der Waals surface area contributed by atoms with Crippen molar-refractivity contribution >= 4 is 21.4 Å². The maximum atomic E-state index is 12.7. The summed E-state index contributed by atoms with van der Waals surface area (Å²) in [4.78, 5) is 10.9. The van der Waals surface area contributed by atoms with Gasteiger partial charge in [0.25, 0.3) is 9.84 Å². The topological polar surface area (TPSA) is 75.3 Å². The summed E-state index contributed by atoms with van der Waals surface area (Å²) in [6, 6.07) is 13.6. The van der Waals surface area contributed by atoms with Crippen molar-refractivity contribution in [2.45, 2.75) is 16.9 Å². The van der Waals surface area contributed by atoms with Gasteiger partial charge in [0.2, 0.25) is 5.91 Å².